The van der Waals surface area contributed by atoms with E-state index in [1.54, 1.807) is 37.3 Å². The molecule has 0 bridgehead atoms. The van der Waals surface area contributed by atoms with Crippen LogP contribution in [0.15, 0.2) is 72.8 Å². The van der Waals surface area contributed by atoms with E-state index in [0.29, 0.717) is 34.8 Å². The van der Waals surface area contributed by atoms with Gasteiger partial charge in [-0.3, -0.25) is 9.59 Å². The number of ether oxygens (including phenoxy) is 2. The molecule has 0 aliphatic rings. The van der Waals surface area contributed by atoms with Crippen molar-refractivity contribution in [3.63, 3.8) is 0 Å². The smallest absolute Gasteiger partial charge is 0.434 e. The zero-order valence-corrected chi connectivity index (χ0v) is 18.7. The van der Waals surface area contributed by atoms with Crippen molar-refractivity contribution >= 4 is 40.9 Å². The van der Waals surface area contributed by atoms with E-state index in [0.717, 1.165) is 5.56 Å². The number of rotatable bonds is 8. The first kappa shape index (κ1) is 23.8. The molecule has 3 aromatic rings. The van der Waals surface area contributed by atoms with Crippen LogP contribution < -0.4 is 15.4 Å². The van der Waals surface area contributed by atoms with Crippen molar-refractivity contribution in [3.05, 3.63) is 88.9 Å². The van der Waals surface area contributed by atoms with Gasteiger partial charge in [-0.15, -0.1) is 0 Å². The van der Waals surface area contributed by atoms with Crippen LogP contribution in [0.25, 0.3) is 0 Å². The number of aryl methyl sites for hydroxylation is 1. The maximum Gasteiger partial charge on any atom is 0.513 e. The zero-order chi connectivity index (χ0) is 23.6. The lowest BCUT2D eigenvalue weighted by atomic mass is 10.1. The molecule has 0 aliphatic heterocycles. The van der Waals surface area contributed by atoms with Crippen molar-refractivity contribution < 1.29 is 23.9 Å². The Balaban J connectivity index is 1.54. The summed E-state index contributed by atoms with van der Waals surface area (Å²) in [5.41, 5.74) is 2.46. The molecule has 0 atom stereocenters. The Hall–Kier alpha value is -3.84. The Morgan fingerprint density at radius 3 is 2.27 bits per heavy atom. The van der Waals surface area contributed by atoms with Crippen LogP contribution in [-0.2, 0) is 16.0 Å². The van der Waals surface area contributed by atoms with Crippen molar-refractivity contribution in [2.24, 2.45) is 0 Å². The Morgan fingerprint density at radius 2 is 1.58 bits per heavy atom. The fraction of sp³-hybridized carbons (Fsp3) is 0.160. The summed E-state index contributed by atoms with van der Waals surface area (Å²) >= 11 is 5.97. The number of amides is 2. The number of hydrogen-bond donors (Lipinski definition) is 2. The van der Waals surface area contributed by atoms with Crippen molar-refractivity contribution in [2.75, 3.05) is 17.2 Å². The standard InChI is InChI=1S/C25H23ClN2O5/c1-2-32-25(31)33-22-12-10-18(11-13-22)24(30)28-21-8-4-7-20(16-21)27-23(29)14-9-17-5-3-6-19(26)15-17/h3-8,10-13,15-16H,2,9,14H2,1H3,(H,27,29)(H,28,30). The van der Waals surface area contributed by atoms with Gasteiger partial charge in [0.2, 0.25) is 5.91 Å². The van der Waals surface area contributed by atoms with Gasteiger partial charge in [0.15, 0.2) is 0 Å². The van der Waals surface area contributed by atoms with Gasteiger partial charge in [0.1, 0.15) is 5.75 Å². The zero-order valence-electron chi connectivity index (χ0n) is 18.0. The van der Waals surface area contributed by atoms with E-state index in [1.807, 2.05) is 18.2 Å². The van der Waals surface area contributed by atoms with Gasteiger partial charge in [-0.05, 0) is 73.5 Å². The molecule has 0 saturated heterocycles. The van der Waals surface area contributed by atoms with Crippen LogP contribution in [0.1, 0.15) is 29.3 Å². The van der Waals surface area contributed by atoms with Gasteiger partial charge in [-0.2, -0.15) is 0 Å². The van der Waals surface area contributed by atoms with Gasteiger partial charge in [-0.25, -0.2) is 4.79 Å². The summed E-state index contributed by atoms with van der Waals surface area (Å²) in [4.78, 5) is 36.2. The fourth-order valence-electron chi connectivity index (χ4n) is 2.97. The van der Waals surface area contributed by atoms with Gasteiger partial charge in [-0.1, -0.05) is 29.8 Å². The lowest BCUT2D eigenvalue weighted by Gasteiger charge is -2.10. The molecule has 0 aliphatic carbocycles. The quantitative estimate of drug-likeness (QED) is 0.328. The minimum Gasteiger partial charge on any atom is -0.434 e. The van der Waals surface area contributed by atoms with Crippen molar-refractivity contribution in [2.45, 2.75) is 19.8 Å². The normalized spacial score (nSPS) is 10.2. The lowest BCUT2D eigenvalue weighted by Crippen LogP contribution is -2.14. The highest BCUT2D eigenvalue weighted by Crippen LogP contribution is 2.19. The predicted octanol–water partition coefficient (Wildman–Crippen LogP) is 5.70. The molecule has 3 rings (SSSR count). The van der Waals surface area contributed by atoms with Crippen LogP contribution in [0.5, 0.6) is 5.75 Å². The molecule has 0 fully saturated rings. The third-order valence-corrected chi connectivity index (χ3v) is 4.75. The molecule has 7 nitrogen and oxygen atoms in total. The Morgan fingerprint density at radius 1 is 0.879 bits per heavy atom. The van der Waals surface area contributed by atoms with E-state index in [1.165, 1.54) is 24.3 Å². The second-order valence-electron chi connectivity index (χ2n) is 7.02. The summed E-state index contributed by atoms with van der Waals surface area (Å²) in [5.74, 6) is -0.217. The number of carbonyl (C=O) groups excluding carboxylic acids is 3. The highest BCUT2D eigenvalue weighted by molar-refractivity contribution is 6.30. The molecule has 2 N–H and O–H groups in total. The van der Waals surface area contributed by atoms with Crippen LogP contribution in [0.3, 0.4) is 0 Å². The Kier molecular flexibility index (Phi) is 8.43. The fourth-order valence-corrected chi connectivity index (χ4v) is 3.18. The summed E-state index contributed by atoms with van der Waals surface area (Å²) in [5, 5.41) is 6.25. The van der Waals surface area contributed by atoms with E-state index >= 15 is 0 Å². The van der Waals surface area contributed by atoms with Crippen LogP contribution >= 0.6 is 11.6 Å². The number of anilines is 2. The topological polar surface area (TPSA) is 93.7 Å². The molecular weight excluding hydrogens is 444 g/mol. The van der Waals surface area contributed by atoms with E-state index in [4.69, 9.17) is 21.1 Å². The first-order valence-electron chi connectivity index (χ1n) is 10.3. The van der Waals surface area contributed by atoms with Gasteiger partial charge in [0, 0.05) is 28.4 Å². The molecule has 3 aromatic carbocycles. The third kappa shape index (κ3) is 7.66. The summed E-state index contributed by atoms with van der Waals surface area (Å²) in [6, 6.07) is 20.3. The SMILES string of the molecule is CCOC(=O)Oc1ccc(C(=O)Nc2cccc(NC(=O)CCc3cccc(Cl)c3)c2)cc1. The van der Waals surface area contributed by atoms with E-state index in [9.17, 15) is 14.4 Å². The van der Waals surface area contributed by atoms with E-state index in [-0.39, 0.29) is 24.2 Å². The van der Waals surface area contributed by atoms with Gasteiger partial charge < -0.3 is 20.1 Å². The van der Waals surface area contributed by atoms with Crippen LogP contribution in [0.2, 0.25) is 5.02 Å². The highest BCUT2D eigenvalue weighted by atomic mass is 35.5. The summed E-state index contributed by atoms with van der Waals surface area (Å²) in [7, 11) is 0. The molecule has 0 radical (unpaired) electrons. The molecule has 0 unspecified atom stereocenters. The second-order valence-corrected chi connectivity index (χ2v) is 7.46. The highest BCUT2D eigenvalue weighted by Gasteiger charge is 2.10. The maximum absolute atomic E-state index is 12.5. The van der Waals surface area contributed by atoms with Gasteiger partial charge >= 0.3 is 6.16 Å². The average molecular weight is 467 g/mol. The van der Waals surface area contributed by atoms with Crippen LogP contribution in [0, 0.1) is 0 Å². The lowest BCUT2D eigenvalue weighted by molar-refractivity contribution is -0.116. The largest absolute Gasteiger partial charge is 0.513 e. The number of carbonyl (C=O) groups is 3. The second kappa shape index (κ2) is 11.7. The van der Waals surface area contributed by atoms with Gasteiger partial charge in [0.05, 0.1) is 6.61 Å². The molecule has 0 saturated carbocycles. The van der Waals surface area contributed by atoms with Crippen molar-refractivity contribution in [1.29, 1.82) is 0 Å². The molecule has 2 amide bonds. The van der Waals surface area contributed by atoms with Crippen LogP contribution in [0.4, 0.5) is 16.2 Å². The van der Waals surface area contributed by atoms with Crippen molar-refractivity contribution in [1.82, 2.24) is 0 Å². The van der Waals surface area contributed by atoms with Crippen molar-refractivity contribution in [3.8, 4) is 5.75 Å². The Labute approximate surface area is 196 Å². The first-order chi connectivity index (χ1) is 15.9. The molecule has 170 valence electrons. The summed E-state index contributed by atoms with van der Waals surface area (Å²) < 4.78 is 9.68. The minimum atomic E-state index is -0.805. The summed E-state index contributed by atoms with van der Waals surface area (Å²) in [6.45, 7) is 1.89. The maximum atomic E-state index is 12.5. The molecule has 33 heavy (non-hydrogen) atoms. The minimum absolute atomic E-state index is 0.143. The monoisotopic (exact) mass is 466 g/mol. The summed E-state index contributed by atoms with van der Waals surface area (Å²) in [6.07, 6.45) is 0.0664. The molecule has 0 heterocycles. The number of halogens is 1. The predicted molar refractivity (Wildman–Crippen MR) is 127 cm³/mol. The third-order valence-electron chi connectivity index (χ3n) is 4.51. The van der Waals surface area contributed by atoms with E-state index in [2.05, 4.69) is 10.6 Å². The molecular formula is C25H23ClN2O5. The van der Waals surface area contributed by atoms with Gasteiger partial charge in [0.25, 0.3) is 5.91 Å². The molecule has 0 aromatic heterocycles. The molecule has 8 heteroatoms. The van der Waals surface area contributed by atoms with E-state index < -0.39 is 6.16 Å². The van der Waals surface area contributed by atoms with Crippen LogP contribution in [-0.4, -0.2) is 24.6 Å². The number of benzene rings is 3. The average Bonchev–Trinajstić information content (AvgIpc) is 2.78. The molecule has 0 spiro atoms. The number of nitrogens with one attached hydrogen (secondary N) is 2. The Bertz CT molecular complexity index is 1130. The number of hydrogen-bond acceptors (Lipinski definition) is 5. The first-order valence-corrected chi connectivity index (χ1v) is 10.7.